The molecule has 0 atom stereocenters. The maximum Gasteiger partial charge on any atom is 0.154 e. The van der Waals surface area contributed by atoms with Gasteiger partial charge in [0.15, 0.2) is 6.08 Å². The smallest absolute Gasteiger partial charge is 0.154 e. The van der Waals surface area contributed by atoms with Crippen LogP contribution >= 0.6 is 0 Å². The van der Waals surface area contributed by atoms with Crippen LogP contribution in [0.2, 0.25) is 0 Å². The van der Waals surface area contributed by atoms with E-state index in [1.165, 1.54) is 0 Å². The molecule has 67 valence electrons. The summed E-state index contributed by atoms with van der Waals surface area (Å²) in [6, 6.07) is 0. The van der Waals surface area contributed by atoms with E-state index < -0.39 is 0 Å². The van der Waals surface area contributed by atoms with Crippen LogP contribution in [0, 0.1) is 12.5 Å². The van der Waals surface area contributed by atoms with Crippen LogP contribution in [0.4, 0.5) is 0 Å². The zero-order valence-electron chi connectivity index (χ0n) is 7.37. The van der Waals surface area contributed by atoms with E-state index in [0.29, 0.717) is 0 Å². The third kappa shape index (κ3) is 6.76. The third-order valence-electron chi connectivity index (χ3n) is 1.27. The van der Waals surface area contributed by atoms with Crippen LogP contribution in [-0.4, -0.2) is 24.4 Å². The molecule has 0 aliphatic heterocycles. The maximum absolute atomic E-state index is 3.09. The summed E-state index contributed by atoms with van der Waals surface area (Å²) in [5.74, 6) is 0. The molecule has 0 unspecified atom stereocenters. The van der Waals surface area contributed by atoms with Crippen molar-refractivity contribution in [3.05, 3.63) is 60.3 Å². The monoisotopic (exact) mass is 298 g/mol. The SMILES string of the molecule is C[C+]=C/C=C\C1=C=C[CH-]C=C1.[Cl-].[Sb]. The summed E-state index contributed by atoms with van der Waals surface area (Å²) < 4.78 is 0. The van der Waals surface area contributed by atoms with Crippen molar-refractivity contribution in [2.45, 2.75) is 6.92 Å². The van der Waals surface area contributed by atoms with Gasteiger partial charge in [-0.25, -0.2) is 0 Å². The summed E-state index contributed by atoms with van der Waals surface area (Å²) in [4.78, 5) is 0. The van der Waals surface area contributed by atoms with Gasteiger partial charge in [0.1, 0.15) is 0 Å². The fourth-order valence-electron chi connectivity index (χ4n) is 0.759. The van der Waals surface area contributed by atoms with E-state index in [1.54, 1.807) is 0 Å². The van der Waals surface area contributed by atoms with Crippen molar-refractivity contribution in [2.75, 3.05) is 0 Å². The molecule has 0 aromatic rings. The molecule has 3 radical (unpaired) electrons. The van der Waals surface area contributed by atoms with Gasteiger partial charge in [-0.3, -0.25) is 5.73 Å². The van der Waals surface area contributed by atoms with Crippen molar-refractivity contribution in [3.8, 4) is 0 Å². The largest absolute Gasteiger partial charge is 1.00 e. The molecular weight excluding hydrogens is 289 g/mol. The van der Waals surface area contributed by atoms with E-state index in [-0.39, 0.29) is 36.8 Å². The number of hydrogen-bond donors (Lipinski definition) is 0. The van der Waals surface area contributed by atoms with Crippen molar-refractivity contribution in [1.82, 2.24) is 0 Å². The molecule has 0 saturated heterocycles. The first kappa shape index (κ1) is 15.1. The quantitative estimate of drug-likeness (QED) is 0.276. The molecule has 1 aliphatic rings. The molecular formula is C11H10ClSb-. The van der Waals surface area contributed by atoms with Gasteiger partial charge in [0.05, 0.1) is 19.1 Å². The molecule has 0 nitrogen and oxygen atoms in total. The van der Waals surface area contributed by atoms with Crippen LogP contribution < -0.4 is 12.4 Å². The molecule has 0 aromatic heterocycles. The molecule has 0 spiro atoms. The Balaban J connectivity index is 0. The fraction of sp³-hybridized carbons (Fsp3) is 0.0909. The van der Waals surface area contributed by atoms with E-state index in [2.05, 4.69) is 11.8 Å². The van der Waals surface area contributed by atoms with E-state index >= 15 is 0 Å². The summed E-state index contributed by atoms with van der Waals surface area (Å²) >= 11 is 0. The number of rotatable bonds is 2. The van der Waals surface area contributed by atoms with Gasteiger partial charge in [0.25, 0.3) is 0 Å². The Morgan fingerprint density at radius 1 is 1.54 bits per heavy atom. The fourth-order valence-corrected chi connectivity index (χ4v) is 0.759. The number of halogens is 1. The summed E-state index contributed by atoms with van der Waals surface area (Å²) in [5.41, 5.74) is 4.19. The Kier molecular flexibility index (Phi) is 11.3. The zero-order valence-corrected chi connectivity index (χ0v) is 10.7. The Morgan fingerprint density at radius 2 is 2.31 bits per heavy atom. The molecule has 0 N–H and O–H groups in total. The van der Waals surface area contributed by atoms with E-state index in [0.717, 1.165) is 5.57 Å². The summed E-state index contributed by atoms with van der Waals surface area (Å²) in [5, 5.41) is 0. The van der Waals surface area contributed by atoms with Crippen molar-refractivity contribution in [3.63, 3.8) is 0 Å². The predicted octanol–water partition coefficient (Wildman–Crippen LogP) is -0.599. The molecule has 0 fully saturated rings. The van der Waals surface area contributed by atoms with E-state index in [1.807, 2.05) is 49.8 Å². The van der Waals surface area contributed by atoms with Crippen LogP contribution in [-0.2, 0) is 0 Å². The Labute approximate surface area is 104 Å². The number of allylic oxidation sites excluding steroid dienone is 7. The van der Waals surface area contributed by atoms with Crippen molar-refractivity contribution in [1.29, 1.82) is 0 Å². The molecule has 0 saturated carbocycles. The molecule has 1 aliphatic carbocycles. The van der Waals surface area contributed by atoms with E-state index in [4.69, 9.17) is 0 Å². The van der Waals surface area contributed by atoms with Crippen LogP contribution in [0.5, 0.6) is 0 Å². The topological polar surface area (TPSA) is 0 Å². The number of hydrogen-bond acceptors (Lipinski definition) is 0. The van der Waals surface area contributed by atoms with Crippen LogP contribution in [0.3, 0.4) is 0 Å². The summed E-state index contributed by atoms with van der Waals surface area (Å²) in [7, 11) is 0. The van der Waals surface area contributed by atoms with Crippen molar-refractivity contribution >= 4 is 24.4 Å². The Hall–Kier alpha value is -0.372. The average molecular weight is 299 g/mol. The van der Waals surface area contributed by atoms with Crippen LogP contribution in [0.15, 0.2) is 47.8 Å². The molecule has 13 heavy (non-hydrogen) atoms. The molecule has 0 bridgehead atoms. The minimum absolute atomic E-state index is 0. The van der Waals surface area contributed by atoms with Gasteiger partial charge in [-0.05, 0) is 0 Å². The zero-order chi connectivity index (χ0) is 7.94. The van der Waals surface area contributed by atoms with Gasteiger partial charge < -0.3 is 12.4 Å². The van der Waals surface area contributed by atoms with Crippen LogP contribution in [0.1, 0.15) is 6.92 Å². The van der Waals surface area contributed by atoms with Gasteiger partial charge >= 0.3 is 0 Å². The summed E-state index contributed by atoms with van der Waals surface area (Å²) in [6.45, 7) is 1.87. The van der Waals surface area contributed by atoms with Gasteiger partial charge in [-0.1, -0.05) is 5.57 Å². The molecule has 2 heteroatoms. The second kappa shape index (κ2) is 9.71. The molecule has 0 heterocycles. The molecule has 1 rings (SSSR count). The normalized spacial score (nSPS) is 12.8. The Bertz CT molecular complexity index is 266. The standard InChI is InChI=1S/C11H10.ClH.Sb/c1-2-3-5-8-11-9-6-4-7-10-11;;/h3-9H,1H3;1H;/p-1/b8-5-;;. The second-order valence-corrected chi connectivity index (χ2v) is 2.13. The first-order chi connectivity index (χ1) is 5.43. The van der Waals surface area contributed by atoms with Gasteiger partial charge in [-0.2, -0.15) is 18.6 Å². The first-order valence-corrected chi connectivity index (χ1v) is 3.57. The van der Waals surface area contributed by atoms with Gasteiger partial charge in [0.2, 0.25) is 0 Å². The molecule has 0 aromatic carbocycles. The predicted molar refractivity (Wildman–Crippen MR) is 53.4 cm³/mol. The maximum atomic E-state index is 3.09. The average Bonchev–Trinajstić information content (AvgIpc) is 2.07. The first-order valence-electron chi connectivity index (χ1n) is 3.57. The van der Waals surface area contributed by atoms with Crippen LogP contribution in [0.25, 0.3) is 0 Å². The Morgan fingerprint density at radius 3 is 2.85 bits per heavy atom. The summed E-state index contributed by atoms with van der Waals surface area (Å²) in [6.07, 6.45) is 16.6. The molecule has 0 amide bonds. The third-order valence-corrected chi connectivity index (χ3v) is 1.27. The minimum Gasteiger partial charge on any atom is -1.00 e. The van der Waals surface area contributed by atoms with E-state index in [9.17, 15) is 0 Å². The van der Waals surface area contributed by atoms with Gasteiger partial charge in [-0.15, -0.1) is 6.08 Å². The van der Waals surface area contributed by atoms with Crippen molar-refractivity contribution in [2.24, 2.45) is 0 Å². The second-order valence-electron chi connectivity index (χ2n) is 2.13. The minimum atomic E-state index is 0. The van der Waals surface area contributed by atoms with Gasteiger partial charge in [0, 0.05) is 30.5 Å². The van der Waals surface area contributed by atoms with Crippen molar-refractivity contribution < 1.29 is 12.4 Å².